The van der Waals surface area contributed by atoms with E-state index in [1.54, 1.807) is 0 Å². The average molecular weight is 160 g/mol. The number of nitrogens with two attached hydrogens (primary N) is 1. The number of aryl methyl sites for hydroxylation is 1. The molecule has 0 spiro atoms. The number of rotatable bonds is 2. The smallest absolute Gasteiger partial charge is 0.0349 e. The van der Waals surface area contributed by atoms with Crippen LogP contribution in [0.1, 0.15) is 25.0 Å². The minimum Gasteiger partial charge on any atom is -0.398 e. The van der Waals surface area contributed by atoms with Crippen LogP contribution >= 0.6 is 0 Å². The van der Waals surface area contributed by atoms with Crippen molar-refractivity contribution in [1.82, 2.24) is 0 Å². The lowest BCUT2D eigenvalue weighted by molar-refractivity contribution is 1.04. The molecule has 0 bridgehead atoms. The van der Waals surface area contributed by atoms with E-state index in [0.29, 0.717) is 0 Å². The van der Waals surface area contributed by atoms with E-state index in [0.717, 1.165) is 18.5 Å². The number of hydrogen-bond acceptors (Lipinski definition) is 1. The van der Waals surface area contributed by atoms with E-state index in [1.165, 1.54) is 11.1 Å². The predicted octanol–water partition coefficient (Wildman–Crippen LogP) is 2.01. The molecule has 0 aliphatic rings. The van der Waals surface area contributed by atoms with Gasteiger partial charge in [-0.15, -0.1) is 0 Å². The topological polar surface area (TPSA) is 26.0 Å². The first-order valence-corrected chi connectivity index (χ1v) is 4.15. The first-order chi connectivity index (χ1) is 5.29. The Morgan fingerprint density at radius 3 is 2.25 bits per heavy atom. The number of nitrogen functional groups attached to an aromatic ring is 1. The van der Waals surface area contributed by atoms with Crippen molar-refractivity contribution in [3.63, 3.8) is 0 Å². The Labute approximate surface area is 76.6 Å². The molecule has 0 atom stereocenters. The van der Waals surface area contributed by atoms with Gasteiger partial charge >= 0.3 is 0 Å². The summed E-state index contributed by atoms with van der Waals surface area (Å²) in [6.07, 6.45) is 2.12. The highest BCUT2D eigenvalue weighted by Crippen LogP contribution is 2.17. The van der Waals surface area contributed by atoms with Crippen LogP contribution in [0.2, 0.25) is 0 Å². The van der Waals surface area contributed by atoms with Crippen LogP contribution in [-0.2, 0) is 12.8 Å². The van der Waals surface area contributed by atoms with Gasteiger partial charge < -0.3 is 5.73 Å². The fourth-order valence-corrected chi connectivity index (χ4v) is 1.42. The fourth-order valence-electron chi connectivity index (χ4n) is 1.42. The molecule has 0 fully saturated rings. The Kier molecular flexibility index (Phi) is 4.49. The maximum Gasteiger partial charge on any atom is 0.0349 e. The first kappa shape index (κ1) is 11.1. The second-order valence-corrected chi connectivity index (χ2v) is 2.69. The lowest BCUT2D eigenvalue weighted by Crippen LogP contribution is -1.97. The van der Waals surface area contributed by atoms with Gasteiger partial charge in [-0.25, -0.2) is 0 Å². The van der Waals surface area contributed by atoms with Crippen LogP contribution in [0.25, 0.3) is 0 Å². The second-order valence-electron chi connectivity index (χ2n) is 2.69. The van der Waals surface area contributed by atoms with E-state index in [-0.39, 0.29) is 8.41 Å². The molecule has 0 heterocycles. The molecular formula is C10H15BN. The van der Waals surface area contributed by atoms with Gasteiger partial charge in [0, 0.05) is 14.1 Å². The van der Waals surface area contributed by atoms with Crippen molar-refractivity contribution in [2.24, 2.45) is 0 Å². The van der Waals surface area contributed by atoms with Crippen molar-refractivity contribution in [2.45, 2.75) is 26.7 Å². The number of benzene rings is 1. The molecule has 3 radical (unpaired) electrons. The third-order valence-corrected chi connectivity index (χ3v) is 2.04. The maximum absolute atomic E-state index is 5.81. The van der Waals surface area contributed by atoms with Gasteiger partial charge in [-0.3, -0.25) is 0 Å². The molecule has 0 amide bonds. The lowest BCUT2D eigenvalue weighted by atomic mass is 10.0. The summed E-state index contributed by atoms with van der Waals surface area (Å²) in [4.78, 5) is 0. The van der Waals surface area contributed by atoms with E-state index in [4.69, 9.17) is 5.73 Å². The third kappa shape index (κ3) is 2.03. The van der Waals surface area contributed by atoms with Gasteiger partial charge in [0.15, 0.2) is 0 Å². The number of hydrogen-bond donors (Lipinski definition) is 1. The number of anilines is 1. The predicted molar refractivity (Wildman–Crippen MR) is 55.4 cm³/mol. The molecule has 0 aromatic heterocycles. The Balaban J connectivity index is 0.00000121. The minimum absolute atomic E-state index is 0. The summed E-state index contributed by atoms with van der Waals surface area (Å²) in [6.45, 7) is 4.30. The van der Waals surface area contributed by atoms with Gasteiger partial charge in [-0.2, -0.15) is 0 Å². The van der Waals surface area contributed by atoms with Gasteiger partial charge in [-0.05, 0) is 30.0 Å². The van der Waals surface area contributed by atoms with Crippen molar-refractivity contribution < 1.29 is 0 Å². The third-order valence-electron chi connectivity index (χ3n) is 2.04. The van der Waals surface area contributed by atoms with Crippen LogP contribution in [0.4, 0.5) is 5.69 Å². The van der Waals surface area contributed by atoms with Crippen LogP contribution < -0.4 is 5.73 Å². The van der Waals surface area contributed by atoms with Crippen LogP contribution in [0.15, 0.2) is 18.2 Å². The fraction of sp³-hybridized carbons (Fsp3) is 0.400. The molecule has 0 aliphatic heterocycles. The quantitative estimate of drug-likeness (QED) is 0.519. The molecule has 1 nitrogen and oxygen atoms in total. The Bertz CT molecular complexity index is 246. The molecule has 0 aliphatic carbocycles. The molecule has 2 heteroatoms. The van der Waals surface area contributed by atoms with Crippen LogP contribution in [-0.4, -0.2) is 8.41 Å². The second kappa shape index (κ2) is 4.86. The summed E-state index contributed by atoms with van der Waals surface area (Å²) in [5.74, 6) is 0. The van der Waals surface area contributed by atoms with Crippen molar-refractivity contribution >= 4 is 14.1 Å². The Hall–Kier alpha value is -0.915. The molecule has 2 N–H and O–H groups in total. The van der Waals surface area contributed by atoms with E-state index < -0.39 is 0 Å². The molecule has 1 aromatic rings. The standard InChI is InChI=1S/C10H15N.B/c1-3-8-6-5-7-10(11)9(8)4-2;/h5-7H,3-4,11H2,1-2H3;. The summed E-state index contributed by atoms with van der Waals surface area (Å²) in [5.41, 5.74) is 9.44. The van der Waals surface area contributed by atoms with E-state index in [1.807, 2.05) is 12.1 Å². The zero-order chi connectivity index (χ0) is 8.27. The van der Waals surface area contributed by atoms with E-state index in [2.05, 4.69) is 19.9 Å². The molecule has 12 heavy (non-hydrogen) atoms. The highest BCUT2D eigenvalue weighted by Gasteiger charge is 2.00. The van der Waals surface area contributed by atoms with Crippen molar-refractivity contribution in [3.8, 4) is 0 Å². The van der Waals surface area contributed by atoms with Gasteiger partial charge in [-0.1, -0.05) is 26.0 Å². The Morgan fingerprint density at radius 1 is 1.17 bits per heavy atom. The summed E-state index contributed by atoms with van der Waals surface area (Å²) in [5, 5.41) is 0. The molecule has 0 saturated heterocycles. The SMILES string of the molecule is CCc1cccc(N)c1CC.[B]. The van der Waals surface area contributed by atoms with E-state index >= 15 is 0 Å². The zero-order valence-electron chi connectivity index (χ0n) is 7.80. The molecule has 0 unspecified atom stereocenters. The average Bonchev–Trinajstić information content (AvgIpc) is 2.04. The van der Waals surface area contributed by atoms with Crippen molar-refractivity contribution in [3.05, 3.63) is 29.3 Å². The first-order valence-electron chi connectivity index (χ1n) is 4.15. The minimum atomic E-state index is 0. The molecule has 1 rings (SSSR count). The van der Waals surface area contributed by atoms with Crippen molar-refractivity contribution in [2.75, 3.05) is 5.73 Å². The largest absolute Gasteiger partial charge is 0.398 e. The highest BCUT2D eigenvalue weighted by atomic mass is 14.6. The normalized spacial score (nSPS) is 9.17. The summed E-state index contributed by atoms with van der Waals surface area (Å²) in [7, 11) is 0. The van der Waals surface area contributed by atoms with Crippen LogP contribution in [0.3, 0.4) is 0 Å². The molecule has 1 aromatic carbocycles. The zero-order valence-corrected chi connectivity index (χ0v) is 7.80. The molecular weight excluding hydrogens is 145 g/mol. The monoisotopic (exact) mass is 160 g/mol. The summed E-state index contributed by atoms with van der Waals surface area (Å²) >= 11 is 0. The van der Waals surface area contributed by atoms with Crippen LogP contribution in [0.5, 0.6) is 0 Å². The highest BCUT2D eigenvalue weighted by molar-refractivity contribution is 5.75. The maximum atomic E-state index is 5.81. The van der Waals surface area contributed by atoms with Gasteiger partial charge in [0.05, 0.1) is 0 Å². The van der Waals surface area contributed by atoms with Gasteiger partial charge in [0.25, 0.3) is 0 Å². The van der Waals surface area contributed by atoms with Crippen LogP contribution in [0, 0.1) is 0 Å². The van der Waals surface area contributed by atoms with E-state index in [9.17, 15) is 0 Å². The van der Waals surface area contributed by atoms with Gasteiger partial charge in [0.2, 0.25) is 0 Å². The lowest BCUT2D eigenvalue weighted by Gasteiger charge is -2.07. The Morgan fingerprint density at radius 2 is 1.83 bits per heavy atom. The molecule has 63 valence electrons. The van der Waals surface area contributed by atoms with Gasteiger partial charge in [0.1, 0.15) is 0 Å². The molecule has 0 saturated carbocycles. The summed E-state index contributed by atoms with van der Waals surface area (Å²) < 4.78 is 0. The van der Waals surface area contributed by atoms with Crippen molar-refractivity contribution in [1.29, 1.82) is 0 Å². The summed E-state index contributed by atoms with van der Waals surface area (Å²) in [6, 6.07) is 6.14.